The summed E-state index contributed by atoms with van der Waals surface area (Å²) in [4.78, 5) is 0. The van der Waals surface area contributed by atoms with Crippen LogP contribution in [-0.4, -0.2) is 5.11 Å². The Hall–Kier alpha value is -0.510. The number of phenolic OH excluding ortho intramolecular Hbond substituents is 1. The molecule has 0 aromatic heterocycles. The van der Waals surface area contributed by atoms with Crippen molar-refractivity contribution in [1.29, 1.82) is 0 Å². The van der Waals surface area contributed by atoms with Crippen LogP contribution in [0.2, 0.25) is 5.02 Å². The Labute approximate surface area is 122 Å². The van der Waals surface area contributed by atoms with Crippen LogP contribution >= 0.6 is 43.5 Å². The number of hydrogen-bond acceptors (Lipinski definition) is 1. The van der Waals surface area contributed by atoms with Crippen LogP contribution < -0.4 is 0 Å². The average molecular weight is 376 g/mol. The molecule has 2 aromatic rings. The van der Waals surface area contributed by atoms with Crippen molar-refractivity contribution in [2.75, 3.05) is 0 Å². The first kappa shape index (κ1) is 12.9. The third kappa shape index (κ3) is 3.03. The normalized spacial score (nSPS) is 10.8. The van der Waals surface area contributed by atoms with E-state index < -0.39 is 0 Å². The molecule has 88 valence electrons. The van der Waals surface area contributed by atoms with E-state index in [1.807, 2.05) is 30.3 Å². The van der Waals surface area contributed by atoms with Gasteiger partial charge in [-0.1, -0.05) is 67.7 Å². The van der Waals surface area contributed by atoms with Gasteiger partial charge in [-0.25, -0.2) is 0 Å². The van der Waals surface area contributed by atoms with Crippen LogP contribution in [0.3, 0.4) is 0 Å². The topological polar surface area (TPSA) is 20.2 Å². The molecule has 0 fully saturated rings. The molecule has 0 atom stereocenters. The summed E-state index contributed by atoms with van der Waals surface area (Å²) >= 11 is 13.0. The minimum Gasteiger partial charge on any atom is -0.508 e. The van der Waals surface area contributed by atoms with E-state index in [2.05, 4.69) is 31.9 Å². The maximum Gasteiger partial charge on any atom is 0.117 e. The van der Waals surface area contributed by atoms with E-state index in [1.165, 1.54) is 0 Å². The number of hydrogen-bond donors (Lipinski definition) is 1. The van der Waals surface area contributed by atoms with Crippen molar-refractivity contribution in [2.45, 2.75) is 3.74 Å². The summed E-state index contributed by atoms with van der Waals surface area (Å²) in [7, 11) is 0. The SMILES string of the molecule is Oc1ccc(-c2ccc(C(Br)Br)cc2)c(Cl)c1. The lowest BCUT2D eigenvalue weighted by Gasteiger charge is -2.07. The summed E-state index contributed by atoms with van der Waals surface area (Å²) in [6, 6.07) is 13.0. The molecule has 1 nitrogen and oxygen atoms in total. The molecule has 17 heavy (non-hydrogen) atoms. The Morgan fingerprint density at radius 1 is 1.00 bits per heavy atom. The molecule has 2 rings (SSSR count). The molecule has 4 heteroatoms. The van der Waals surface area contributed by atoms with Crippen molar-refractivity contribution < 1.29 is 5.11 Å². The van der Waals surface area contributed by atoms with E-state index in [4.69, 9.17) is 11.6 Å². The first-order chi connectivity index (χ1) is 8.08. The predicted octanol–water partition coefficient (Wildman–Crippen LogP) is 5.50. The van der Waals surface area contributed by atoms with Gasteiger partial charge in [-0.05, 0) is 29.3 Å². The Morgan fingerprint density at radius 2 is 1.65 bits per heavy atom. The predicted molar refractivity (Wildman–Crippen MR) is 79.1 cm³/mol. The monoisotopic (exact) mass is 374 g/mol. The second-order valence-electron chi connectivity index (χ2n) is 3.59. The van der Waals surface area contributed by atoms with Crippen molar-refractivity contribution in [2.24, 2.45) is 0 Å². The lowest BCUT2D eigenvalue weighted by Crippen LogP contribution is -1.83. The Bertz CT molecular complexity index is 523. The summed E-state index contributed by atoms with van der Waals surface area (Å²) < 4.78 is 0.152. The molecule has 0 unspecified atom stereocenters. The number of phenols is 1. The Kier molecular flexibility index (Phi) is 4.13. The highest BCUT2D eigenvalue weighted by Crippen LogP contribution is 2.33. The van der Waals surface area contributed by atoms with Gasteiger partial charge >= 0.3 is 0 Å². The van der Waals surface area contributed by atoms with Gasteiger partial charge < -0.3 is 5.11 Å². The molecule has 0 radical (unpaired) electrons. The average Bonchev–Trinajstić information content (AvgIpc) is 2.29. The third-order valence-corrected chi connectivity index (χ3v) is 3.80. The van der Waals surface area contributed by atoms with E-state index in [-0.39, 0.29) is 9.49 Å². The fourth-order valence-electron chi connectivity index (χ4n) is 1.55. The first-order valence-corrected chi connectivity index (χ1v) is 7.16. The largest absolute Gasteiger partial charge is 0.508 e. The minimum atomic E-state index is 0.152. The highest BCUT2D eigenvalue weighted by atomic mass is 79.9. The Balaban J connectivity index is 2.40. The summed E-state index contributed by atoms with van der Waals surface area (Å²) in [6.45, 7) is 0. The molecular weight excluding hydrogens is 367 g/mol. The zero-order valence-corrected chi connectivity index (χ0v) is 12.6. The highest BCUT2D eigenvalue weighted by Gasteiger charge is 2.06. The van der Waals surface area contributed by atoms with Crippen molar-refractivity contribution in [1.82, 2.24) is 0 Å². The molecule has 0 amide bonds. The number of halogens is 3. The zero-order chi connectivity index (χ0) is 12.4. The molecule has 0 saturated carbocycles. The number of alkyl halides is 2. The van der Waals surface area contributed by atoms with Crippen LogP contribution in [0.15, 0.2) is 42.5 Å². The summed E-state index contributed by atoms with van der Waals surface area (Å²) in [5.41, 5.74) is 3.08. The van der Waals surface area contributed by atoms with E-state index in [0.29, 0.717) is 5.02 Å². The lowest BCUT2D eigenvalue weighted by atomic mass is 10.0. The zero-order valence-electron chi connectivity index (χ0n) is 8.70. The fourth-order valence-corrected chi connectivity index (χ4v) is 2.44. The fraction of sp³-hybridized carbons (Fsp3) is 0.0769. The van der Waals surface area contributed by atoms with Gasteiger partial charge in [0.2, 0.25) is 0 Å². The summed E-state index contributed by atoms with van der Waals surface area (Å²) in [6.07, 6.45) is 0. The van der Waals surface area contributed by atoms with Gasteiger partial charge in [0.05, 0.1) is 8.76 Å². The van der Waals surface area contributed by atoms with Gasteiger partial charge in [-0.3, -0.25) is 0 Å². The van der Waals surface area contributed by atoms with Crippen LogP contribution in [0.4, 0.5) is 0 Å². The number of rotatable bonds is 2. The highest BCUT2D eigenvalue weighted by molar-refractivity contribution is 9.24. The van der Waals surface area contributed by atoms with E-state index in [9.17, 15) is 5.11 Å². The first-order valence-electron chi connectivity index (χ1n) is 4.95. The summed E-state index contributed by atoms with van der Waals surface area (Å²) in [5, 5.41) is 9.85. The molecule has 0 saturated heterocycles. The minimum absolute atomic E-state index is 0.152. The van der Waals surface area contributed by atoms with Crippen LogP contribution in [0.5, 0.6) is 5.75 Å². The van der Waals surface area contributed by atoms with E-state index >= 15 is 0 Å². The third-order valence-electron chi connectivity index (χ3n) is 2.43. The van der Waals surface area contributed by atoms with Crippen molar-refractivity contribution in [3.8, 4) is 16.9 Å². The molecule has 0 heterocycles. The van der Waals surface area contributed by atoms with Gasteiger partial charge in [-0.15, -0.1) is 0 Å². The maximum absolute atomic E-state index is 9.30. The van der Waals surface area contributed by atoms with Crippen LogP contribution in [0, 0.1) is 0 Å². The van der Waals surface area contributed by atoms with Crippen molar-refractivity contribution >= 4 is 43.5 Å². The van der Waals surface area contributed by atoms with Gasteiger partial charge in [0.25, 0.3) is 0 Å². The molecule has 0 bridgehead atoms. The van der Waals surface area contributed by atoms with E-state index in [1.54, 1.807) is 12.1 Å². The van der Waals surface area contributed by atoms with Gasteiger partial charge in [-0.2, -0.15) is 0 Å². The molecule has 0 aliphatic rings. The van der Waals surface area contributed by atoms with Crippen LogP contribution in [-0.2, 0) is 0 Å². The van der Waals surface area contributed by atoms with Gasteiger partial charge in [0.15, 0.2) is 0 Å². The van der Waals surface area contributed by atoms with Crippen LogP contribution in [0.25, 0.3) is 11.1 Å². The molecule has 1 N–H and O–H groups in total. The number of aromatic hydroxyl groups is 1. The smallest absolute Gasteiger partial charge is 0.117 e. The summed E-state index contributed by atoms with van der Waals surface area (Å²) in [5.74, 6) is 0.177. The standard InChI is InChI=1S/C13H9Br2ClO/c14-13(15)9-3-1-8(2-4-9)11-6-5-10(17)7-12(11)16/h1-7,13,17H. The lowest BCUT2D eigenvalue weighted by molar-refractivity contribution is 0.475. The second-order valence-corrected chi connectivity index (χ2v) is 7.05. The maximum atomic E-state index is 9.30. The van der Waals surface area contributed by atoms with Gasteiger partial charge in [0.1, 0.15) is 5.75 Å². The molecule has 0 aliphatic carbocycles. The van der Waals surface area contributed by atoms with Crippen molar-refractivity contribution in [3.05, 3.63) is 53.1 Å². The molecule has 0 aliphatic heterocycles. The van der Waals surface area contributed by atoms with Crippen molar-refractivity contribution in [3.63, 3.8) is 0 Å². The van der Waals surface area contributed by atoms with E-state index in [0.717, 1.165) is 16.7 Å². The van der Waals surface area contributed by atoms with Gasteiger partial charge in [0, 0.05) is 5.56 Å². The quantitative estimate of drug-likeness (QED) is 0.686. The second kappa shape index (κ2) is 5.42. The number of benzene rings is 2. The molecule has 2 aromatic carbocycles. The Morgan fingerprint density at radius 3 is 2.18 bits per heavy atom. The molecule has 0 spiro atoms. The molecular formula is C13H9Br2ClO. The van der Waals surface area contributed by atoms with Crippen LogP contribution in [0.1, 0.15) is 9.30 Å².